The molecule has 4 rings (SSSR count). The molecule has 7 heteroatoms. The van der Waals surface area contributed by atoms with Crippen LogP contribution in [0.1, 0.15) is 59.1 Å². The minimum atomic E-state index is -0.357. The fourth-order valence-electron chi connectivity index (χ4n) is 4.45. The standard InChI is InChI=1S/C25H28ClN3O3/c1-14(2)32-10-6-9-29-24(17-7-5-8-18(26)13-17)21-22(27-28-23(21)25(29)31)20-16(4)11-15(3)12-19(20)30/h5,7-8,11-14,24,30H,6,9-10H2,1-4H3,(H,27,28). The maximum Gasteiger partial charge on any atom is 0.273 e. The summed E-state index contributed by atoms with van der Waals surface area (Å²) >= 11 is 6.31. The summed E-state index contributed by atoms with van der Waals surface area (Å²) in [4.78, 5) is 15.2. The summed E-state index contributed by atoms with van der Waals surface area (Å²) in [6.07, 6.45) is 0.854. The van der Waals surface area contributed by atoms with Crippen molar-refractivity contribution >= 4 is 17.5 Å². The summed E-state index contributed by atoms with van der Waals surface area (Å²) in [7, 11) is 0. The molecule has 2 aromatic carbocycles. The highest BCUT2D eigenvalue weighted by atomic mass is 35.5. The van der Waals surface area contributed by atoms with Gasteiger partial charge in [0.05, 0.1) is 12.1 Å². The van der Waals surface area contributed by atoms with E-state index in [4.69, 9.17) is 16.3 Å². The minimum absolute atomic E-state index is 0.113. The molecule has 3 aromatic rings. The van der Waals surface area contributed by atoms with Crippen molar-refractivity contribution < 1.29 is 14.6 Å². The highest BCUT2D eigenvalue weighted by molar-refractivity contribution is 6.30. The van der Waals surface area contributed by atoms with Crippen molar-refractivity contribution in [3.63, 3.8) is 0 Å². The number of hydrogen-bond acceptors (Lipinski definition) is 4. The van der Waals surface area contributed by atoms with Gasteiger partial charge in [0.25, 0.3) is 5.91 Å². The van der Waals surface area contributed by atoms with Crippen molar-refractivity contribution in [3.8, 4) is 17.0 Å². The normalized spacial score (nSPS) is 15.6. The van der Waals surface area contributed by atoms with Gasteiger partial charge in [0.1, 0.15) is 17.1 Å². The number of phenolic OH excluding ortho intramolecular Hbond substituents is 1. The van der Waals surface area contributed by atoms with Gasteiger partial charge in [-0.2, -0.15) is 5.10 Å². The quantitative estimate of drug-likeness (QED) is 0.468. The fraction of sp³-hybridized carbons (Fsp3) is 0.360. The van der Waals surface area contributed by atoms with Crippen LogP contribution in [0.4, 0.5) is 0 Å². The third-order valence-corrected chi connectivity index (χ3v) is 5.95. The van der Waals surface area contributed by atoms with Crippen LogP contribution in [0.2, 0.25) is 5.02 Å². The molecule has 0 saturated carbocycles. The topological polar surface area (TPSA) is 78.5 Å². The van der Waals surface area contributed by atoms with Crippen LogP contribution >= 0.6 is 11.6 Å². The Morgan fingerprint density at radius 1 is 1.25 bits per heavy atom. The molecule has 1 aliphatic heterocycles. The summed E-state index contributed by atoms with van der Waals surface area (Å²) in [6.45, 7) is 8.97. The van der Waals surface area contributed by atoms with Gasteiger partial charge in [-0.3, -0.25) is 9.89 Å². The fourth-order valence-corrected chi connectivity index (χ4v) is 4.65. The zero-order chi connectivity index (χ0) is 23.0. The molecular weight excluding hydrogens is 426 g/mol. The smallest absolute Gasteiger partial charge is 0.273 e. The molecule has 2 N–H and O–H groups in total. The summed E-state index contributed by atoms with van der Waals surface area (Å²) in [6, 6.07) is 10.9. The van der Waals surface area contributed by atoms with E-state index in [1.54, 1.807) is 6.07 Å². The van der Waals surface area contributed by atoms with Crippen LogP contribution in [-0.2, 0) is 4.74 Å². The summed E-state index contributed by atoms with van der Waals surface area (Å²) in [5, 5.41) is 18.8. The van der Waals surface area contributed by atoms with Gasteiger partial charge < -0.3 is 14.7 Å². The van der Waals surface area contributed by atoms with Crippen LogP contribution in [0.15, 0.2) is 36.4 Å². The molecule has 168 valence electrons. The minimum Gasteiger partial charge on any atom is -0.507 e. The lowest BCUT2D eigenvalue weighted by molar-refractivity contribution is 0.0601. The lowest BCUT2D eigenvalue weighted by Gasteiger charge is -2.27. The van der Waals surface area contributed by atoms with E-state index in [1.165, 1.54) is 0 Å². The number of amides is 1. The Morgan fingerprint density at radius 3 is 2.72 bits per heavy atom. The van der Waals surface area contributed by atoms with Gasteiger partial charge in [-0.1, -0.05) is 29.8 Å². The Morgan fingerprint density at radius 2 is 2.03 bits per heavy atom. The molecule has 0 bridgehead atoms. The van der Waals surface area contributed by atoms with Crippen molar-refractivity contribution in [1.29, 1.82) is 0 Å². The number of halogens is 1. The van der Waals surface area contributed by atoms with Crippen molar-refractivity contribution in [2.24, 2.45) is 0 Å². The predicted octanol–water partition coefficient (Wildman–Crippen LogP) is 5.41. The Kier molecular flexibility index (Phi) is 6.26. The summed E-state index contributed by atoms with van der Waals surface area (Å²) in [5.74, 6) is 0.0374. The molecule has 32 heavy (non-hydrogen) atoms. The number of aromatic amines is 1. The lowest BCUT2D eigenvalue weighted by atomic mass is 9.93. The second-order valence-corrected chi connectivity index (χ2v) is 9.00. The Balaban J connectivity index is 1.80. The zero-order valence-corrected chi connectivity index (χ0v) is 19.5. The third kappa shape index (κ3) is 4.12. The molecule has 1 aliphatic rings. The number of aromatic nitrogens is 2. The highest BCUT2D eigenvalue weighted by Crippen LogP contribution is 2.45. The highest BCUT2D eigenvalue weighted by Gasteiger charge is 2.42. The number of carbonyl (C=O) groups excluding carboxylic acids is 1. The molecule has 0 saturated heterocycles. The van der Waals surface area contributed by atoms with Gasteiger partial charge in [0, 0.05) is 29.3 Å². The van der Waals surface area contributed by atoms with E-state index in [1.807, 2.05) is 62.9 Å². The number of H-pyrrole nitrogens is 1. The largest absolute Gasteiger partial charge is 0.507 e. The number of aromatic hydroxyl groups is 1. The van der Waals surface area contributed by atoms with Gasteiger partial charge in [-0.15, -0.1) is 0 Å². The number of nitrogens with one attached hydrogen (secondary N) is 1. The van der Waals surface area contributed by atoms with Crippen LogP contribution in [0.25, 0.3) is 11.3 Å². The third-order valence-electron chi connectivity index (χ3n) is 5.72. The van der Waals surface area contributed by atoms with Crippen molar-refractivity contribution in [1.82, 2.24) is 15.1 Å². The van der Waals surface area contributed by atoms with E-state index in [2.05, 4.69) is 10.2 Å². The average Bonchev–Trinajstić information content (AvgIpc) is 3.24. The number of carbonyl (C=O) groups is 1. The molecule has 1 amide bonds. The van der Waals surface area contributed by atoms with Crippen LogP contribution in [0.5, 0.6) is 5.75 Å². The van der Waals surface area contributed by atoms with Gasteiger partial charge in [0.15, 0.2) is 0 Å². The lowest BCUT2D eigenvalue weighted by Crippen LogP contribution is -2.31. The van der Waals surface area contributed by atoms with Crippen molar-refractivity contribution in [2.45, 2.75) is 46.3 Å². The van der Waals surface area contributed by atoms with E-state index >= 15 is 0 Å². The Labute approximate surface area is 193 Å². The molecule has 1 unspecified atom stereocenters. The molecule has 1 aromatic heterocycles. The van der Waals surface area contributed by atoms with Crippen LogP contribution in [0.3, 0.4) is 0 Å². The first-order valence-corrected chi connectivity index (χ1v) is 11.2. The van der Waals surface area contributed by atoms with Crippen LogP contribution in [-0.4, -0.2) is 45.4 Å². The van der Waals surface area contributed by atoms with Gasteiger partial charge in [0.2, 0.25) is 0 Å². The molecular formula is C25H28ClN3O3. The molecule has 0 spiro atoms. The number of rotatable bonds is 7. The first kappa shape index (κ1) is 22.4. The maximum atomic E-state index is 13.4. The number of ether oxygens (including phenoxy) is 1. The Bertz CT molecular complexity index is 1130. The second kappa shape index (κ2) is 8.96. The summed E-state index contributed by atoms with van der Waals surface area (Å²) < 4.78 is 5.68. The molecule has 2 heterocycles. The van der Waals surface area contributed by atoms with Gasteiger partial charge in [-0.05, 0) is 69.0 Å². The predicted molar refractivity (Wildman–Crippen MR) is 125 cm³/mol. The first-order chi connectivity index (χ1) is 15.3. The van der Waals surface area contributed by atoms with Crippen molar-refractivity contribution in [2.75, 3.05) is 13.2 Å². The van der Waals surface area contributed by atoms with Gasteiger partial charge in [-0.25, -0.2) is 0 Å². The zero-order valence-electron chi connectivity index (χ0n) is 18.8. The number of hydrogen-bond donors (Lipinski definition) is 2. The van der Waals surface area contributed by atoms with Crippen LogP contribution in [0, 0.1) is 13.8 Å². The molecule has 0 aliphatic carbocycles. The van der Waals surface area contributed by atoms with E-state index in [0.29, 0.717) is 41.5 Å². The number of fused-ring (bicyclic) bond motifs is 1. The van der Waals surface area contributed by atoms with E-state index < -0.39 is 0 Å². The van der Waals surface area contributed by atoms with E-state index in [-0.39, 0.29) is 23.8 Å². The monoisotopic (exact) mass is 453 g/mol. The number of nitrogens with zero attached hydrogens (tertiary/aromatic N) is 2. The van der Waals surface area contributed by atoms with E-state index in [0.717, 1.165) is 22.3 Å². The molecule has 1 atom stereocenters. The second-order valence-electron chi connectivity index (χ2n) is 8.57. The Hall–Kier alpha value is -2.83. The molecule has 0 radical (unpaired) electrons. The number of phenols is 1. The SMILES string of the molecule is Cc1cc(C)c(-c2n[nH]c3c2C(c2cccc(Cl)c2)N(CCCOC(C)C)C3=O)c(O)c1. The molecule has 0 fully saturated rings. The van der Waals surface area contributed by atoms with E-state index in [9.17, 15) is 9.90 Å². The number of aryl methyl sites for hydroxylation is 2. The number of benzene rings is 2. The average molecular weight is 454 g/mol. The first-order valence-electron chi connectivity index (χ1n) is 10.8. The summed E-state index contributed by atoms with van der Waals surface area (Å²) in [5.41, 5.74) is 5.22. The molecule has 6 nitrogen and oxygen atoms in total. The van der Waals surface area contributed by atoms with Gasteiger partial charge >= 0.3 is 0 Å². The van der Waals surface area contributed by atoms with Crippen LogP contribution < -0.4 is 0 Å². The maximum absolute atomic E-state index is 13.4. The van der Waals surface area contributed by atoms with Crippen molar-refractivity contribution in [3.05, 3.63) is 69.4 Å².